The van der Waals surface area contributed by atoms with Crippen LogP contribution in [0.25, 0.3) is 0 Å². The summed E-state index contributed by atoms with van der Waals surface area (Å²) in [6, 6.07) is 8.18. The first-order valence-electron chi connectivity index (χ1n) is 5.41. The number of aryl methyl sites for hydroxylation is 1. The molecule has 0 aliphatic carbocycles. The zero-order valence-corrected chi connectivity index (χ0v) is 9.58. The lowest BCUT2D eigenvalue weighted by atomic mass is 9.95. The van der Waals surface area contributed by atoms with Crippen LogP contribution in [0.1, 0.15) is 32.8 Å². The average molecular weight is 203 g/mol. The molecule has 0 unspecified atom stereocenters. The lowest BCUT2D eigenvalue weighted by Crippen LogP contribution is -2.48. The van der Waals surface area contributed by atoms with Gasteiger partial charge in [-0.1, -0.05) is 18.2 Å². The lowest BCUT2D eigenvalue weighted by Gasteiger charge is -2.39. The number of anilines is 1. The molecule has 2 nitrogen and oxygen atoms in total. The first-order valence-corrected chi connectivity index (χ1v) is 5.41. The molecule has 0 atom stereocenters. The van der Waals surface area contributed by atoms with Gasteiger partial charge in [-0.25, -0.2) is 0 Å². The Morgan fingerprint density at radius 3 is 2.47 bits per heavy atom. The van der Waals surface area contributed by atoms with Gasteiger partial charge in [-0.15, -0.1) is 0 Å². The van der Waals surface area contributed by atoms with E-state index in [9.17, 15) is 4.79 Å². The zero-order valence-electron chi connectivity index (χ0n) is 9.58. The number of carbonyl (C=O) groups excluding carboxylic acids is 1. The lowest BCUT2D eigenvalue weighted by molar-refractivity contribution is -0.119. The Morgan fingerprint density at radius 1 is 1.13 bits per heavy atom. The van der Waals surface area contributed by atoms with Crippen molar-refractivity contribution in [2.24, 2.45) is 0 Å². The fraction of sp³-hybridized carbons (Fsp3) is 0.462. The predicted octanol–water partition coefficient (Wildman–Crippen LogP) is 2.76. The topological polar surface area (TPSA) is 20.3 Å². The summed E-state index contributed by atoms with van der Waals surface area (Å²) in [7, 11) is 0. The summed E-state index contributed by atoms with van der Waals surface area (Å²) in [6.45, 7) is 6.23. The molecule has 1 aliphatic rings. The first-order chi connectivity index (χ1) is 7.00. The highest BCUT2D eigenvalue weighted by Gasteiger charge is 2.32. The Balaban J connectivity index is 2.51. The van der Waals surface area contributed by atoms with Crippen LogP contribution in [-0.4, -0.2) is 11.4 Å². The smallest absolute Gasteiger partial charge is 0.227 e. The number of para-hydroxylation sites is 1. The third-order valence-corrected chi connectivity index (χ3v) is 2.76. The number of amides is 1. The molecule has 15 heavy (non-hydrogen) atoms. The van der Waals surface area contributed by atoms with E-state index in [-0.39, 0.29) is 11.4 Å². The zero-order chi connectivity index (χ0) is 11.1. The van der Waals surface area contributed by atoms with Crippen molar-refractivity contribution in [1.29, 1.82) is 0 Å². The van der Waals surface area contributed by atoms with Gasteiger partial charge in [0.2, 0.25) is 5.91 Å². The number of carbonyl (C=O) groups is 1. The van der Waals surface area contributed by atoms with Crippen LogP contribution in [0, 0.1) is 0 Å². The highest BCUT2D eigenvalue weighted by atomic mass is 16.2. The average Bonchev–Trinajstić information content (AvgIpc) is 2.15. The monoisotopic (exact) mass is 203 g/mol. The number of fused-ring (bicyclic) bond motifs is 1. The third kappa shape index (κ3) is 1.76. The van der Waals surface area contributed by atoms with Gasteiger partial charge in [0.05, 0.1) is 0 Å². The van der Waals surface area contributed by atoms with Gasteiger partial charge < -0.3 is 4.90 Å². The van der Waals surface area contributed by atoms with Gasteiger partial charge in [0, 0.05) is 17.6 Å². The molecule has 0 radical (unpaired) electrons. The second-order valence-electron chi connectivity index (χ2n) is 5.03. The molecule has 1 aromatic rings. The van der Waals surface area contributed by atoms with E-state index in [1.807, 2.05) is 23.1 Å². The summed E-state index contributed by atoms with van der Waals surface area (Å²) in [5.41, 5.74) is 2.24. The number of nitrogens with zero attached hydrogens (tertiary/aromatic N) is 1. The molecule has 0 saturated heterocycles. The summed E-state index contributed by atoms with van der Waals surface area (Å²) < 4.78 is 0. The molecule has 0 N–H and O–H groups in total. The van der Waals surface area contributed by atoms with Crippen molar-refractivity contribution in [2.75, 3.05) is 4.90 Å². The van der Waals surface area contributed by atoms with Gasteiger partial charge in [0.15, 0.2) is 0 Å². The van der Waals surface area contributed by atoms with Crippen LogP contribution in [0.5, 0.6) is 0 Å². The van der Waals surface area contributed by atoms with Crippen molar-refractivity contribution in [1.82, 2.24) is 0 Å². The molecule has 1 amide bonds. The molecule has 1 aromatic carbocycles. The van der Waals surface area contributed by atoms with Gasteiger partial charge in [-0.3, -0.25) is 4.79 Å². The van der Waals surface area contributed by atoms with Crippen LogP contribution in [0.15, 0.2) is 24.3 Å². The minimum Gasteiger partial charge on any atom is -0.307 e. The minimum atomic E-state index is -0.131. The van der Waals surface area contributed by atoms with E-state index in [1.165, 1.54) is 5.56 Å². The molecule has 0 saturated carbocycles. The molecule has 80 valence electrons. The van der Waals surface area contributed by atoms with Gasteiger partial charge in [0.25, 0.3) is 0 Å². The van der Waals surface area contributed by atoms with Crippen molar-refractivity contribution in [3.8, 4) is 0 Å². The van der Waals surface area contributed by atoms with Crippen LogP contribution >= 0.6 is 0 Å². The fourth-order valence-corrected chi connectivity index (χ4v) is 2.16. The molecule has 0 bridgehead atoms. The number of hydrogen-bond donors (Lipinski definition) is 0. The van der Waals surface area contributed by atoms with Crippen molar-refractivity contribution >= 4 is 11.6 Å². The summed E-state index contributed by atoms with van der Waals surface area (Å²) in [5.74, 6) is 0.237. The summed E-state index contributed by atoms with van der Waals surface area (Å²) in [5, 5.41) is 0. The van der Waals surface area contributed by atoms with Crippen molar-refractivity contribution in [3.63, 3.8) is 0 Å². The maximum absolute atomic E-state index is 11.9. The Morgan fingerprint density at radius 2 is 1.80 bits per heavy atom. The Kier molecular flexibility index (Phi) is 2.29. The standard InChI is InChI=1S/C13H17NO/c1-13(2,3)14-11-7-5-4-6-10(11)8-9-12(14)15/h4-7H,8-9H2,1-3H3. The Labute approximate surface area is 90.9 Å². The largest absolute Gasteiger partial charge is 0.307 e. The molecule has 1 heterocycles. The summed E-state index contributed by atoms with van der Waals surface area (Å²) >= 11 is 0. The van der Waals surface area contributed by atoms with Crippen LogP contribution in [0.2, 0.25) is 0 Å². The molecule has 1 aliphatic heterocycles. The van der Waals surface area contributed by atoms with Crippen LogP contribution < -0.4 is 4.90 Å². The van der Waals surface area contributed by atoms with Crippen LogP contribution in [0.4, 0.5) is 5.69 Å². The van der Waals surface area contributed by atoms with E-state index >= 15 is 0 Å². The molecule has 2 rings (SSSR count). The minimum absolute atomic E-state index is 0.131. The summed E-state index contributed by atoms with van der Waals surface area (Å²) in [4.78, 5) is 13.9. The molecular formula is C13H17NO. The van der Waals surface area contributed by atoms with Crippen LogP contribution in [-0.2, 0) is 11.2 Å². The van der Waals surface area contributed by atoms with Crippen molar-refractivity contribution in [2.45, 2.75) is 39.2 Å². The first kappa shape index (κ1) is 10.2. The number of hydrogen-bond acceptors (Lipinski definition) is 1. The van der Waals surface area contributed by atoms with Gasteiger partial charge in [-0.2, -0.15) is 0 Å². The van der Waals surface area contributed by atoms with E-state index in [0.29, 0.717) is 6.42 Å². The maximum atomic E-state index is 11.9. The second kappa shape index (κ2) is 3.37. The van der Waals surface area contributed by atoms with E-state index in [0.717, 1.165) is 12.1 Å². The van der Waals surface area contributed by atoms with E-state index in [1.54, 1.807) is 0 Å². The van der Waals surface area contributed by atoms with Crippen LogP contribution in [0.3, 0.4) is 0 Å². The SMILES string of the molecule is CC(C)(C)N1C(=O)CCc2ccccc21. The third-order valence-electron chi connectivity index (χ3n) is 2.76. The molecule has 0 aromatic heterocycles. The van der Waals surface area contributed by atoms with E-state index in [4.69, 9.17) is 0 Å². The highest BCUT2D eigenvalue weighted by molar-refractivity contribution is 5.97. The van der Waals surface area contributed by atoms with E-state index < -0.39 is 0 Å². The van der Waals surface area contributed by atoms with E-state index in [2.05, 4.69) is 26.8 Å². The van der Waals surface area contributed by atoms with Crippen molar-refractivity contribution in [3.05, 3.63) is 29.8 Å². The number of rotatable bonds is 0. The Bertz CT molecular complexity index is 390. The maximum Gasteiger partial charge on any atom is 0.227 e. The second-order valence-corrected chi connectivity index (χ2v) is 5.03. The predicted molar refractivity (Wildman–Crippen MR) is 62.0 cm³/mol. The van der Waals surface area contributed by atoms with Gasteiger partial charge in [-0.05, 0) is 38.8 Å². The van der Waals surface area contributed by atoms with Crippen molar-refractivity contribution < 1.29 is 4.79 Å². The molecule has 0 fully saturated rings. The molecule has 0 spiro atoms. The summed E-state index contributed by atoms with van der Waals surface area (Å²) in [6.07, 6.45) is 1.51. The fourth-order valence-electron chi connectivity index (χ4n) is 2.16. The number of benzene rings is 1. The van der Waals surface area contributed by atoms with Gasteiger partial charge in [0.1, 0.15) is 0 Å². The quantitative estimate of drug-likeness (QED) is 0.635. The normalized spacial score (nSPS) is 16.5. The molecular weight excluding hydrogens is 186 g/mol. The molecule has 2 heteroatoms. The Hall–Kier alpha value is -1.31. The van der Waals surface area contributed by atoms with Gasteiger partial charge >= 0.3 is 0 Å². The highest BCUT2D eigenvalue weighted by Crippen LogP contribution is 2.32.